The summed E-state index contributed by atoms with van der Waals surface area (Å²) in [4.78, 5) is 5.68. The lowest BCUT2D eigenvalue weighted by molar-refractivity contribution is -0.142. The van der Waals surface area contributed by atoms with Gasteiger partial charge in [-0.05, 0) is 31.2 Å². The molecule has 0 unspecified atom stereocenters. The lowest BCUT2D eigenvalue weighted by atomic mass is 10.0. The van der Waals surface area contributed by atoms with Crippen LogP contribution >= 0.6 is 0 Å². The summed E-state index contributed by atoms with van der Waals surface area (Å²) in [6, 6.07) is 2.97. The third-order valence-electron chi connectivity index (χ3n) is 5.97. The summed E-state index contributed by atoms with van der Waals surface area (Å²) < 4.78 is 90.0. The van der Waals surface area contributed by atoms with Gasteiger partial charge in [0.05, 0.1) is 37.0 Å². The van der Waals surface area contributed by atoms with Crippen LogP contribution in [0.5, 0.6) is 5.88 Å². The normalized spacial score (nSPS) is 18.7. The maximum Gasteiger partial charge on any atom is 0.408 e. The summed E-state index contributed by atoms with van der Waals surface area (Å²) in [6.07, 6.45) is -3.38. The number of aromatic nitrogens is 6. The number of likely N-dealkylation sites (tertiary alicyclic amines) is 1. The molecule has 3 aromatic heterocycles. The minimum Gasteiger partial charge on any atom is -0.479 e. The summed E-state index contributed by atoms with van der Waals surface area (Å²) in [5.41, 5.74) is 0.485. The molecule has 1 atom stereocenters. The topological polar surface area (TPSA) is 85.4 Å². The Balaban J connectivity index is 1.56. The van der Waals surface area contributed by atoms with Crippen LogP contribution in [0.25, 0.3) is 27.7 Å². The Bertz CT molecular complexity index is 1430. The van der Waals surface area contributed by atoms with Crippen molar-refractivity contribution >= 4 is 22.5 Å². The van der Waals surface area contributed by atoms with E-state index < -0.39 is 37.0 Å². The molecule has 0 amide bonds. The van der Waals surface area contributed by atoms with Crippen molar-refractivity contribution in [2.24, 2.45) is 0 Å². The zero-order valence-electron chi connectivity index (χ0n) is 19.0. The molecule has 1 fully saturated rings. The molecule has 9 nitrogen and oxygen atoms in total. The minimum absolute atomic E-state index is 0.0373. The lowest BCUT2D eigenvalue weighted by Crippen LogP contribution is -2.53. The van der Waals surface area contributed by atoms with Gasteiger partial charge in [0.25, 0.3) is 5.92 Å². The minimum atomic E-state index is -4.53. The number of alkyl halides is 5. The fourth-order valence-electron chi connectivity index (χ4n) is 4.35. The van der Waals surface area contributed by atoms with Crippen molar-refractivity contribution in [1.82, 2.24) is 34.5 Å². The van der Waals surface area contributed by atoms with Crippen LogP contribution in [0.3, 0.4) is 0 Å². The van der Waals surface area contributed by atoms with E-state index in [2.05, 4.69) is 25.7 Å². The third-order valence-corrected chi connectivity index (χ3v) is 5.97. The van der Waals surface area contributed by atoms with Crippen molar-refractivity contribution in [2.75, 3.05) is 32.6 Å². The van der Waals surface area contributed by atoms with Crippen molar-refractivity contribution in [3.63, 3.8) is 0 Å². The van der Waals surface area contributed by atoms with Crippen LogP contribution in [0.2, 0.25) is 0 Å². The van der Waals surface area contributed by atoms with Gasteiger partial charge >= 0.3 is 6.18 Å². The monoisotopic (exact) mass is 514 g/mol. The zero-order valence-corrected chi connectivity index (χ0v) is 19.0. The molecular weight excluding hydrogens is 494 g/mol. The molecule has 1 aliphatic heterocycles. The predicted molar refractivity (Wildman–Crippen MR) is 117 cm³/mol. The van der Waals surface area contributed by atoms with Crippen molar-refractivity contribution < 1.29 is 31.1 Å². The van der Waals surface area contributed by atoms with Crippen molar-refractivity contribution in [3.8, 4) is 17.0 Å². The Morgan fingerprint density at radius 1 is 1.25 bits per heavy atom. The van der Waals surface area contributed by atoms with Gasteiger partial charge in [-0.2, -0.15) is 18.2 Å². The maximum atomic E-state index is 15.2. The number of benzene rings is 1. The number of hydrogen-bond donors (Lipinski definition) is 1. The molecule has 1 aromatic carbocycles. The number of halogens is 6. The molecule has 1 saturated heterocycles. The van der Waals surface area contributed by atoms with Crippen LogP contribution < -0.4 is 10.1 Å². The number of piperidine rings is 1. The lowest BCUT2D eigenvalue weighted by Gasteiger charge is -2.36. The molecule has 15 heteroatoms. The van der Waals surface area contributed by atoms with E-state index in [1.807, 2.05) is 0 Å². The summed E-state index contributed by atoms with van der Waals surface area (Å²) in [6.45, 7) is -1.36. The smallest absolute Gasteiger partial charge is 0.408 e. The number of nitrogens with zero attached hydrogens (tertiary/aromatic N) is 7. The number of methoxy groups -OCH3 is 1. The van der Waals surface area contributed by atoms with E-state index in [4.69, 9.17) is 4.74 Å². The summed E-state index contributed by atoms with van der Waals surface area (Å²) in [7, 11) is 2.87. The van der Waals surface area contributed by atoms with Crippen molar-refractivity contribution in [1.29, 1.82) is 0 Å². The van der Waals surface area contributed by atoms with Gasteiger partial charge in [0.2, 0.25) is 11.8 Å². The highest BCUT2D eigenvalue weighted by Crippen LogP contribution is 2.36. The Hall–Kier alpha value is -3.62. The number of nitrogens with one attached hydrogen (secondary N) is 1. The molecule has 5 rings (SSSR count). The first-order valence-corrected chi connectivity index (χ1v) is 10.8. The van der Waals surface area contributed by atoms with Gasteiger partial charge in [-0.25, -0.2) is 22.4 Å². The van der Waals surface area contributed by atoms with E-state index in [9.17, 15) is 22.0 Å². The fourth-order valence-corrected chi connectivity index (χ4v) is 4.35. The second-order valence-electron chi connectivity index (χ2n) is 8.64. The van der Waals surface area contributed by atoms with Gasteiger partial charge in [0.15, 0.2) is 5.82 Å². The summed E-state index contributed by atoms with van der Waals surface area (Å²) in [5.74, 6) is -4.10. The quantitative estimate of drug-likeness (QED) is 0.408. The Labute approximate surface area is 199 Å². The zero-order chi connectivity index (χ0) is 25.8. The number of ether oxygens (including phenoxy) is 1. The SMILES string of the molecule is COc1nc(N[C@@H]2CCN(C)CC2(F)F)nn2cc(F)c(-c3ccc4nnn(CC(F)(F)F)c4c3)c12. The molecule has 0 spiro atoms. The average Bonchev–Trinajstić information content (AvgIpc) is 3.33. The molecule has 36 heavy (non-hydrogen) atoms. The Kier molecular flexibility index (Phi) is 5.69. The number of anilines is 1. The largest absolute Gasteiger partial charge is 0.479 e. The molecule has 1 N–H and O–H groups in total. The van der Waals surface area contributed by atoms with E-state index in [0.29, 0.717) is 11.2 Å². The Morgan fingerprint density at radius 3 is 2.72 bits per heavy atom. The van der Waals surface area contributed by atoms with Gasteiger partial charge in [-0.3, -0.25) is 0 Å². The predicted octanol–water partition coefficient (Wildman–Crippen LogP) is 3.60. The first-order valence-electron chi connectivity index (χ1n) is 10.8. The van der Waals surface area contributed by atoms with E-state index in [-0.39, 0.29) is 45.9 Å². The van der Waals surface area contributed by atoms with Crippen molar-refractivity contribution in [2.45, 2.75) is 31.1 Å². The number of hydrogen-bond acceptors (Lipinski definition) is 7. The third kappa shape index (κ3) is 4.38. The Morgan fingerprint density at radius 2 is 2.03 bits per heavy atom. The number of fused-ring (bicyclic) bond motifs is 2. The van der Waals surface area contributed by atoms with Crippen LogP contribution in [0.15, 0.2) is 24.4 Å². The van der Waals surface area contributed by atoms with E-state index in [1.54, 1.807) is 7.05 Å². The number of rotatable bonds is 5. The van der Waals surface area contributed by atoms with E-state index in [0.717, 1.165) is 10.7 Å². The molecule has 192 valence electrons. The fraction of sp³-hybridized carbons (Fsp3) is 0.429. The van der Waals surface area contributed by atoms with Crippen molar-refractivity contribution in [3.05, 3.63) is 30.2 Å². The van der Waals surface area contributed by atoms with Crippen LogP contribution in [0.4, 0.5) is 32.3 Å². The molecule has 0 saturated carbocycles. The van der Waals surface area contributed by atoms with Gasteiger partial charge in [0.1, 0.15) is 17.6 Å². The van der Waals surface area contributed by atoms with E-state index in [1.165, 1.54) is 30.2 Å². The van der Waals surface area contributed by atoms with Crippen LogP contribution in [0.1, 0.15) is 6.42 Å². The van der Waals surface area contributed by atoms with Crippen LogP contribution in [-0.2, 0) is 6.54 Å². The first kappa shape index (κ1) is 24.1. The summed E-state index contributed by atoms with van der Waals surface area (Å²) >= 11 is 0. The maximum absolute atomic E-state index is 15.2. The molecule has 4 heterocycles. The van der Waals surface area contributed by atoms with Gasteiger partial charge < -0.3 is 15.0 Å². The molecular formula is C21H20F6N8O. The highest BCUT2D eigenvalue weighted by Gasteiger charge is 2.44. The van der Waals surface area contributed by atoms with Crippen LogP contribution in [-0.4, -0.2) is 79.9 Å². The highest BCUT2D eigenvalue weighted by atomic mass is 19.4. The van der Waals surface area contributed by atoms with Gasteiger partial charge in [-0.1, -0.05) is 11.3 Å². The molecule has 0 aliphatic carbocycles. The van der Waals surface area contributed by atoms with Crippen LogP contribution in [0, 0.1) is 5.82 Å². The average molecular weight is 514 g/mol. The first-order chi connectivity index (χ1) is 16.9. The molecule has 0 bridgehead atoms. The van der Waals surface area contributed by atoms with E-state index >= 15 is 4.39 Å². The molecule has 0 radical (unpaired) electrons. The van der Waals surface area contributed by atoms with Gasteiger partial charge in [0, 0.05) is 6.54 Å². The highest BCUT2D eigenvalue weighted by molar-refractivity contribution is 5.89. The second-order valence-corrected chi connectivity index (χ2v) is 8.64. The molecule has 4 aromatic rings. The second kappa shape index (κ2) is 8.50. The summed E-state index contributed by atoms with van der Waals surface area (Å²) in [5, 5.41) is 14.0. The molecule has 1 aliphatic rings. The standard InChI is InChI=1S/C21H20F6N8O/c1-33-6-5-15(20(23,24)9-33)28-19-29-18(36-2)17-16(12(22)8-34(17)31-19)11-3-4-13-14(7-11)35(32-30-13)10-21(25,26)27/h3-4,7-8,15H,5-6,9-10H2,1-2H3,(H,28,31)/t15-/m1/s1. The van der Waals surface area contributed by atoms with Gasteiger partial charge in [-0.15, -0.1) is 10.2 Å².